The Hall–Kier alpha value is -1.51. The molecule has 2 atom stereocenters. The highest BCUT2D eigenvalue weighted by Crippen LogP contribution is 2.54. The summed E-state index contributed by atoms with van der Waals surface area (Å²) in [5.41, 5.74) is 3.82. The number of hydrogen-bond donors (Lipinski definition) is 0. The lowest BCUT2D eigenvalue weighted by molar-refractivity contribution is 0.00698. The van der Waals surface area contributed by atoms with Gasteiger partial charge < -0.3 is 9.64 Å². The summed E-state index contributed by atoms with van der Waals surface area (Å²) in [6.07, 6.45) is 1.05. The van der Waals surface area contributed by atoms with Gasteiger partial charge in [0.25, 0.3) is 0 Å². The number of aryl methyl sites for hydroxylation is 1. The predicted molar refractivity (Wildman–Crippen MR) is 92.0 cm³/mol. The Morgan fingerprint density at radius 3 is 2.77 bits per heavy atom. The zero-order valence-electron chi connectivity index (χ0n) is 13.1. The molecule has 22 heavy (non-hydrogen) atoms. The Morgan fingerprint density at radius 2 is 1.95 bits per heavy atom. The molecule has 2 heterocycles. The topological polar surface area (TPSA) is 12.5 Å². The van der Waals surface area contributed by atoms with E-state index in [1.165, 1.54) is 16.7 Å². The van der Waals surface area contributed by atoms with Crippen LogP contribution >= 0.6 is 12.4 Å². The first-order valence-electron chi connectivity index (χ1n) is 7.73. The van der Waals surface area contributed by atoms with Gasteiger partial charge in [0.15, 0.2) is 0 Å². The van der Waals surface area contributed by atoms with Crippen molar-refractivity contribution in [2.24, 2.45) is 0 Å². The second-order valence-corrected chi connectivity index (χ2v) is 6.46. The summed E-state index contributed by atoms with van der Waals surface area (Å²) in [5.74, 6) is 1.49. The fourth-order valence-corrected chi connectivity index (χ4v) is 3.92. The molecule has 0 saturated carbocycles. The fourth-order valence-electron chi connectivity index (χ4n) is 3.92. The highest BCUT2D eigenvalue weighted by molar-refractivity contribution is 5.85. The zero-order valence-corrected chi connectivity index (χ0v) is 13.9. The number of halogens is 1. The maximum absolute atomic E-state index is 6.56. The third-order valence-electron chi connectivity index (χ3n) is 5.02. The number of para-hydroxylation sites is 1. The molecule has 2 aliphatic heterocycles. The zero-order chi connectivity index (χ0) is 14.4. The van der Waals surface area contributed by atoms with Gasteiger partial charge in [0.2, 0.25) is 0 Å². The first-order chi connectivity index (χ1) is 10.2. The van der Waals surface area contributed by atoms with E-state index >= 15 is 0 Å². The molecule has 0 bridgehead atoms. The van der Waals surface area contributed by atoms with Crippen LogP contribution in [0.5, 0.6) is 5.75 Å². The molecule has 2 aromatic rings. The number of nitrogens with zero attached hydrogens (tertiary/aromatic N) is 1. The van der Waals surface area contributed by atoms with Crippen molar-refractivity contribution < 1.29 is 4.74 Å². The summed E-state index contributed by atoms with van der Waals surface area (Å²) >= 11 is 0. The molecule has 0 N–H and O–H groups in total. The van der Waals surface area contributed by atoms with Gasteiger partial charge in [-0.25, -0.2) is 0 Å². The lowest BCUT2D eigenvalue weighted by atomic mass is 9.74. The van der Waals surface area contributed by atoms with Gasteiger partial charge >= 0.3 is 0 Å². The molecular weight excluding hydrogens is 294 g/mol. The molecule has 1 saturated heterocycles. The predicted octanol–water partition coefficient (Wildman–Crippen LogP) is 4.12. The van der Waals surface area contributed by atoms with Gasteiger partial charge in [-0.2, -0.15) is 0 Å². The van der Waals surface area contributed by atoms with E-state index in [0.29, 0.717) is 5.92 Å². The van der Waals surface area contributed by atoms with Gasteiger partial charge in [-0.1, -0.05) is 48.0 Å². The van der Waals surface area contributed by atoms with Crippen LogP contribution in [0.15, 0.2) is 48.5 Å². The minimum Gasteiger partial charge on any atom is -0.482 e. The second-order valence-electron chi connectivity index (χ2n) is 6.46. The quantitative estimate of drug-likeness (QED) is 0.785. The minimum atomic E-state index is -0.178. The van der Waals surface area contributed by atoms with E-state index < -0.39 is 0 Å². The van der Waals surface area contributed by atoms with Crippen molar-refractivity contribution >= 4 is 12.4 Å². The van der Waals surface area contributed by atoms with Gasteiger partial charge in [0.1, 0.15) is 11.4 Å². The van der Waals surface area contributed by atoms with Crippen LogP contribution < -0.4 is 4.74 Å². The molecule has 0 aromatic heterocycles. The minimum absolute atomic E-state index is 0. The lowest BCUT2D eigenvalue weighted by Gasteiger charge is -2.42. The van der Waals surface area contributed by atoms with Crippen LogP contribution in [0, 0.1) is 6.92 Å². The third-order valence-corrected chi connectivity index (χ3v) is 5.02. The summed E-state index contributed by atoms with van der Waals surface area (Å²) in [6.45, 7) is 4.30. The molecule has 2 nitrogen and oxygen atoms in total. The number of fused-ring (bicyclic) bond motifs is 3. The van der Waals surface area contributed by atoms with Crippen molar-refractivity contribution in [1.29, 1.82) is 0 Å². The van der Waals surface area contributed by atoms with Crippen molar-refractivity contribution in [3.8, 4) is 5.75 Å². The molecule has 0 aliphatic carbocycles. The Labute approximate surface area is 138 Å². The van der Waals surface area contributed by atoms with E-state index in [1.54, 1.807) is 0 Å². The van der Waals surface area contributed by atoms with E-state index in [0.717, 1.165) is 25.3 Å². The van der Waals surface area contributed by atoms with E-state index in [-0.39, 0.29) is 18.0 Å². The van der Waals surface area contributed by atoms with Crippen LogP contribution in [0.3, 0.4) is 0 Å². The molecule has 1 fully saturated rings. The Morgan fingerprint density at radius 1 is 1.14 bits per heavy atom. The molecule has 0 amide bonds. The summed E-state index contributed by atoms with van der Waals surface area (Å²) in [4.78, 5) is 2.42. The number of rotatable bonds is 1. The standard InChI is InChI=1S/C19H21NO.ClH/c1-14-6-5-7-15(12-14)19-10-11-20(2)13-17(19)16-8-3-4-9-18(16)21-19;/h3-9,12,17H,10-11,13H2,1-2H3;1H/t17-,19+;/m0./s1. The van der Waals surface area contributed by atoms with Crippen LogP contribution in [0.2, 0.25) is 0 Å². The van der Waals surface area contributed by atoms with Crippen molar-refractivity contribution in [1.82, 2.24) is 4.90 Å². The van der Waals surface area contributed by atoms with Gasteiger partial charge in [-0.3, -0.25) is 0 Å². The largest absolute Gasteiger partial charge is 0.482 e. The smallest absolute Gasteiger partial charge is 0.143 e. The van der Waals surface area contributed by atoms with Crippen LogP contribution in [0.4, 0.5) is 0 Å². The van der Waals surface area contributed by atoms with E-state index in [9.17, 15) is 0 Å². The van der Waals surface area contributed by atoms with Crippen LogP contribution in [0.1, 0.15) is 29.0 Å². The average Bonchev–Trinajstić information content (AvgIpc) is 2.82. The van der Waals surface area contributed by atoms with E-state index in [4.69, 9.17) is 4.74 Å². The summed E-state index contributed by atoms with van der Waals surface area (Å²) in [7, 11) is 2.21. The highest BCUT2D eigenvalue weighted by atomic mass is 35.5. The molecule has 4 rings (SSSR count). The number of hydrogen-bond acceptors (Lipinski definition) is 2. The molecule has 2 aliphatic rings. The Kier molecular flexibility index (Phi) is 3.92. The van der Waals surface area contributed by atoms with Crippen LogP contribution in [-0.4, -0.2) is 25.0 Å². The van der Waals surface area contributed by atoms with Gasteiger partial charge in [0, 0.05) is 31.0 Å². The third kappa shape index (κ3) is 2.22. The van der Waals surface area contributed by atoms with Gasteiger partial charge in [-0.15, -0.1) is 12.4 Å². The normalized spacial score (nSPS) is 26.5. The van der Waals surface area contributed by atoms with E-state index in [1.807, 2.05) is 0 Å². The average molecular weight is 316 g/mol. The van der Waals surface area contributed by atoms with Crippen molar-refractivity contribution in [3.05, 3.63) is 65.2 Å². The lowest BCUT2D eigenvalue weighted by Crippen LogP contribution is -2.47. The molecule has 2 aromatic carbocycles. The number of ether oxygens (including phenoxy) is 1. The van der Waals surface area contributed by atoms with Crippen molar-refractivity contribution in [2.45, 2.75) is 24.9 Å². The molecule has 0 spiro atoms. The first kappa shape index (κ1) is 15.4. The number of benzene rings is 2. The molecule has 0 radical (unpaired) electrons. The number of piperidine rings is 1. The first-order valence-corrected chi connectivity index (χ1v) is 7.73. The van der Waals surface area contributed by atoms with E-state index in [2.05, 4.69) is 67.4 Å². The summed E-state index contributed by atoms with van der Waals surface area (Å²) in [6, 6.07) is 17.4. The fraction of sp³-hybridized carbons (Fsp3) is 0.368. The van der Waals surface area contributed by atoms with Crippen LogP contribution in [0.25, 0.3) is 0 Å². The van der Waals surface area contributed by atoms with Gasteiger partial charge in [-0.05, 0) is 25.6 Å². The van der Waals surface area contributed by atoms with Gasteiger partial charge in [0.05, 0.1) is 0 Å². The summed E-state index contributed by atoms with van der Waals surface area (Å²) < 4.78 is 6.56. The SMILES string of the molecule is Cc1cccc([C@]23CCN(C)C[C@H]2c2ccccc2O3)c1.Cl. The maximum Gasteiger partial charge on any atom is 0.143 e. The maximum atomic E-state index is 6.56. The highest BCUT2D eigenvalue weighted by Gasteiger charge is 2.51. The molecule has 116 valence electrons. The molecule has 3 heteroatoms. The summed E-state index contributed by atoms with van der Waals surface area (Å²) in [5, 5.41) is 0. The van der Waals surface area contributed by atoms with Crippen molar-refractivity contribution in [3.63, 3.8) is 0 Å². The second kappa shape index (κ2) is 5.60. The monoisotopic (exact) mass is 315 g/mol. The number of likely N-dealkylation sites (N-methyl/N-ethyl adjacent to an activating group) is 1. The molecule has 0 unspecified atom stereocenters. The Bertz CT molecular complexity index is 687. The molecular formula is C19H22ClNO. The van der Waals surface area contributed by atoms with Crippen LogP contribution in [-0.2, 0) is 5.60 Å². The van der Waals surface area contributed by atoms with Crippen molar-refractivity contribution in [2.75, 3.05) is 20.1 Å². The number of likely N-dealkylation sites (tertiary alicyclic amines) is 1. The Balaban J connectivity index is 0.00000144.